The van der Waals surface area contributed by atoms with Gasteiger partial charge in [-0.15, -0.1) is 0 Å². The van der Waals surface area contributed by atoms with E-state index in [1.165, 1.54) is 6.42 Å². The first-order chi connectivity index (χ1) is 6.70. The van der Waals surface area contributed by atoms with Crippen LogP contribution in [0.4, 0.5) is 0 Å². The smallest absolute Gasteiger partial charge is 0.225 e. The number of rotatable bonds is 1. The van der Waals surface area contributed by atoms with Gasteiger partial charge in [0.1, 0.15) is 0 Å². The summed E-state index contributed by atoms with van der Waals surface area (Å²) in [4.78, 5) is 11.7. The Hall–Kier alpha value is -0.0900. The maximum absolute atomic E-state index is 11.7. The number of nitrogens with one attached hydrogen (secondary N) is 2. The molecule has 0 aromatic rings. The molecule has 2 rings (SSSR count). The topological polar surface area (TPSA) is 41.1 Å². The van der Waals surface area contributed by atoms with E-state index < -0.39 is 0 Å². The van der Waals surface area contributed by atoms with Gasteiger partial charge in [-0.2, -0.15) is 0 Å². The van der Waals surface area contributed by atoms with Crippen LogP contribution in [-0.4, -0.2) is 23.4 Å². The zero-order valence-electron chi connectivity index (χ0n) is 8.42. The Morgan fingerprint density at radius 1 is 1.50 bits per heavy atom. The van der Waals surface area contributed by atoms with E-state index in [-0.39, 0.29) is 18.0 Å². The number of carbonyl (C=O) groups excluding carboxylic acids is 1. The molecule has 1 saturated carbocycles. The Kier molecular flexibility index (Phi) is 3.12. The van der Waals surface area contributed by atoms with Gasteiger partial charge >= 0.3 is 0 Å². The lowest BCUT2D eigenvalue weighted by Crippen LogP contribution is -2.61. The fourth-order valence-electron chi connectivity index (χ4n) is 2.57. The molecule has 4 unspecified atom stereocenters. The number of carbonyl (C=O) groups is 1. The summed E-state index contributed by atoms with van der Waals surface area (Å²) in [5.41, 5.74) is 0. The minimum absolute atomic E-state index is 0.143. The second-order valence-corrected chi connectivity index (χ2v) is 5.09. The van der Waals surface area contributed by atoms with Crippen molar-refractivity contribution in [1.29, 1.82) is 0 Å². The largest absolute Gasteiger partial charge is 0.341 e. The van der Waals surface area contributed by atoms with Gasteiger partial charge in [0.25, 0.3) is 0 Å². The van der Waals surface area contributed by atoms with Crippen molar-refractivity contribution in [3.63, 3.8) is 0 Å². The van der Waals surface area contributed by atoms with Crippen molar-refractivity contribution in [2.24, 2.45) is 11.8 Å². The fraction of sp³-hybridized carbons (Fsp3) is 0.900. The molecule has 1 aliphatic heterocycles. The SMILES string of the molecule is CC1NC(=O)C2CC(CBr)CCC2N1. The molecular weight excluding hydrogens is 244 g/mol. The van der Waals surface area contributed by atoms with Gasteiger partial charge in [-0.1, -0.05) is 15.9 Å². The summed E-state index contributed by atoms with van der Waals surface area (Å²) in [7, 11) is 0. The van der Waals surface area contributed by atoms with E-state index in [2.05, 4.69) is 26.6 Å². The van der Waals surface area contributed by atoms with Gasteiger partial charge in [0.05, 0.1) is 12.1 Å². The molecule has 4 atom stereocenters. The Bertz CT molecular complexity index is 234. The normalized spacial score (nSPS) is 42.9. The number of fused-ring (bicyclic) bond motifs is 1. The zero-order valence-corrected chi connectivity index (χ0v) is 10.0. The van der Waals surface area contributed by atoms with E-state index in [1.54, 1.807) is 0 Å². The van der Waals surface area contributed by atoms with Gasteiger partial charge in [-0.25, -0.2) is 0 Å². The molecule has 0 spiro atoms. The highest BCUT2D eigenvalue weighted by atomic mass is 79.9. The number of hydrogen-bond acceptors (Lipinski definition) is 2. The van der Waals surface area contributed by atoms with Crippen LogP contribution in [0.3, 0.4) is 0 Å². The molecule has 0 aromatic heterocycles. The van der Waals surface area contributed by atoms with E-state index in [0.29, 0.717) is 12.0 Å². The van der Waals surface area contributed by atoms with Gasteiger partial charge in [0, 0.05) is 11.4 Å². The average molecular weight is 261 g/mol. The molecule has 1 saturated heterocycles. The molecule has 0 radical (unpaired) electrons. The summed E-state index contributed by atoms with van der Waals surface area (Å²) in [5, 5.41) is 7.43. The quantitative estimate of drug-likeness (QED) is 0.697. The van der Waals surface area contributed by atoms with Crippen molar-refractivity contribution in [2.45, 2.75) is 38.4 Å². The summed E-state index contributed by atoms with van der Waals surface area (Å²) in [5.74, 6) is 1.12. The van der Waals surface area contributed by atoms with Crippen molar-refractivity contribution >= 4 is 21.8 Å². The van der Waals surface area contributed by atoms with E-state index in [4.69, 9.17) is 0 Å². The molecule has 2 fully saturated rings. The van der Waals surface area contributed by atoms with E-state index in [1.807, 2.05) is 6.92 Å². The first kappa shape index (κ1) is 10.4. The predicted molar refractivity (Wildman–Crippen MR) is 59.2 cm³/mol. The van der Waals surface area contributed by atoms with Crippen LogP contribution >= 0.6 is 15.9 Å². The lowest BCUT2D eigenvalue weighted by atomic mass is 9.77. The predicted octanol–water partition coefficient (Wildman–Crippen LogP) is 1.23. The van der Waals surface area contributed by atoms with E-state index in [0.717, 1.165) is 18.2 Å². The summed E-state index contributed by atoms with van der Waals surface area (Å²) in [6.07, 6.45) is 3.55. The minimum Gasteiger partial charge on any atom is -0.341 e. The standard InChI is InChI=1S/C10H17BrN2O/c1-6-12-9-3-2-7(5-11)4-8(9)10(14)13-6/h6-9,12H,2-5H2,1H3,(H,13,14). The summed E-state index contributed by atoms with van der Waals surface area (Å²) < 4.78 is 0. The monoisotopic (exact) mass is 260 g/mol. The minimum atomic E-state index is 0.143. The van der Waals surface area contributed by atoms with Gasteiger partial charge in [-0.05, 0) is 32.1 Å². The van der Waals surface area contributed by atoms with Crippen LogP contribution in [0.5, 0.6) is 0 Å². The third-order valence-electron chi connectivity index (χ3n) is 3.34. The summed E-state index contributed by atoms with van der Waals surface area (Å²) >= 11 is 3.51. The molecule has 1 aliphatic carbocycles. The van der Waals surface area contributed by atoms with Crippen LogP contribution in [0.15, 0.2) is 0 Å². The Morgan fingerprint density at radius 2 is 2.29 bits per heavy atom. The second-order valence-electron chi connectivity index (χ2n) is 4.44. The summed E-state index contributed by atoms with van der Waals surface area (Å²) in [6, 6.07) is 0.411. The molecule has 1 amide bonds. The molecule has 1 heterocycles. The van der Waals surface area contributed by atoms with Gasteiger partial charge in [0.2, 0.25) is 5.91 Å². The number of alkyl halides is 1. The average Bonchev–Trinajstić information content (AvgIpc) is 2.17. The van der Waals surface area contributed by atoms with Gasteiger partial charge < -0.3 is 5.32 Å². The van der Waals surface area contributed by atoms with Crippen LogP contribution in [0, 0.1) is 11.8 Å². The lowest BCUT2D eigenvalue weighted by molar-refractivity contribution is -0.131. The Balaban J connectivity index is 2.03. The van der Waals surface area contributed by atoms with Crippen molar-refractivity contribution in [2.75, 3.05) is 5.33 Å². The molecule has 14 heavy (non-hydrogen) atoms. The van der Waals surface area contributed by atoms with Crippen LogP contribution in [0.2, 0.25) is 0 Å². The van der Waals surface area contributed by atoms with Gasteiger partial charge in [-0.3, -0.25) is 10.1 Å². The van der Waals surface area contributed by atoms with Crippen molar-refractivity contribution in [3.8, 4) is 0 Å². The summed E-state index contributed by atoms with van der Waals surface area (Å²) in [6.45, 7) is 2.00. The first-order valence-corrected chi connectivity index (χ1v) is 6.45. The fourth-order valence-corrected chi connectivity index (χ4v) is 3.16. The van der Waals surface area contributed by atoms with Crippen molar-refractivity contribution in [3.05, 3.63) is 0 Å². The highest BCUT2D eigenvalue weighted by Crippen LogP contribution is 2.32. The Labute approximate surface area is 93.1 Å². The molecule has 2 N–H and O–H groups in total. The third-order valence-corrected chi connectivity index (χ3v) is 4.25. The van der Waals surface area contributed by atoms with E-state index in [9.17, 15) is 4.79 Å². The second kappa shape index (κ2) is 4.19. The first-order valence-electron chi connectivity index (χ1n) is 5.33. The van der Waals surface area contributed by atoms with Crippen molar-refractivity contribution < 1.29 is 4.79 Å². The molecule has 2 aliphatic rings. The van der Waals surface area contributed by atoms with Crippen LogP contribution in [0.25, 0.3) is 0 Å². The number of hydrogen-bond donors (Lipinski definition) is 2. The maximum atomic E-state index is 11.7. The molecule has 80 valence electrons. The highest BCUT2D eigenvalue weighted by Gasteiger charge is 2.38. The third kappa shape index (κ3) is 1.96. The van der Waals surface area contributed by atoms with E-state index >= 15 is 0 Å². The number of halogens is 1. The van der Waals surface area contributed by atoms with Crippen molar-refractivity contribution in [1.82, 2.24) is 10.6 Å². The lowest BCUT2D eigenvalue weighted by Gasteiger charge is -2.41. The van der Waals surface area contributed by atoms with Crippen LogP contribution < -0.4 is 10.6 Å². The van der Waals surface area contributed by atoms with Gasteiger partial charge in [0.15, 0.2) is 0 Å². The Morgan fingerprint density at radius 3 is 3.00 bits per heavy atom. The zero-order chi connectivity index (χ0) is 10.1. The molecule has 3 nitrogen and oxygen atoms in total. The molecule has 0 bridgehead atoms. The molecular formula is C10H17BrN2O. The molecule has 0 aromatic carbocycles. The van der Waals surface area contributed by atoms with Crippen LogP contribution in [0.1, 0.15) is 26.2 Å². The van der Waals surface area contributed by atoms with Crippen LogP contribution in [-0.2, 0) is 4.79 Å². The highest BCUT2D eigenvalue weighted by molar-refractivity contribution is 9.09. The maximum Gasteiger partial charge on any atom is 0.225 e. The molecule has 4 heteroatoms. The number of amides is 1.